The Bertz CT molecular complexity index is 841. The highest BCUT2D eigenvalue weighted by atomic mass is 16.5. The second kappa shape index (κ2) is 7.93. The Labute approximate surface area is 155 Å². The first-order valence-electron chi connectivity index (χ1n) is 9.72. The predicted molar refractivity (Wildman–Crippen MR) is 104 cm³/mol. The zero-order chi connectivity index (χ0) is 17.8. The smallest absolute Gasteiger partial charge is 0.384 e. The number of hydrogen-bond donors (Lipinski definition) is 0. The van der Waals surface area contributed by atoms with Gasteiger partial charge in [-0.2, -0.15) is 0 Å². The van der Waals surface area contributed by atoms with Crippen molar-refractivity contribution in [3.05, 3.63) is 48.0 Å². The summed E-state index contributed by atoms with van der Waals surface area (Å²) in [6, 6.07) is 14.6. The predicted octanol–water partition coefficient (Wildman–Crippen LogP) is 4.00. The number of carbonyl (C=O) groups is 1. The molecule has 0 spiro atoms. The van der Waals surface area contributed by atoms with Crippen LogP contribution in [0.5, 0.6) is 0 Å². The molecule has 0 bridgehead atoms. The lowest BCUT2D eigenvalue weighted by Crippen LogP contribution is -2.49. The molecule has 2 aromatic rings. The van der Waals surface area contributed by atoms with Crippen LogP contribution < -0.4 is 0 Å². The largest absolute Gasteiger partial charge is 0.456 e. The third kappa shape index (κ3) is 3.76. The fourth-order valence-corrected chi connectivity index (χ4v) is 4.44. The van der Waals surface area contributed by atoms with Crippen LogP contribution in [0.15, 0.2) is 42.5 Å². The summed E-state index contributed by atoms with van der Waals surface area (Å²) in [5.74, 6) is 5.73. The maximum atomic E-state index is 12.1. The van der Waals surface area contributed by atoms with E-state index in [1.54, 1.807) is 0 Å². The molecule has 0 N–H and O–H groups in total. The van der Waals surface area contributed by atoms with Gasteiger partial charge < -0.3 is 4.74 Å². The first kappa shape index (κ1) is 17.1. The summed E-state index contributed by atoms with van der Waals surface area (Å²) in [5, 5.41) is 2.20. The number of piperidine rings is 2. The van der Waals surface area contributed by atoms with E-state index in [-0.39, 0.29) is 0 Å². The second-order valence-electron chi connectivity index (χ2n) is 7.38. The molecule has 134 valence electrons. The lowest BCUT2D eigenvalue weighted by molar-refractivity contribution is -0.139. The molecule has 2 aliphatic heterocycles. The summed E-state index contributed by atoms with van der Waals surface area (Å²) < 4.78 is 5.53. The Kier molecular flexibility index (Phi) is 5.22. The van der Waals surface area contributed by atoms with Crippen LogP contribution >= 0.6 is 0 Å². The van der Waals surface area contributed by atoms with E-state index in [4.69, 9.17) is 4.74 Å². The number of nitrogens with zero attached hydrogens (tertiary/aromatic N) is 1. The number of benzene rings is 2. The van der Waals surface area contributed by atoms with Crippen molar-refractivity contribution in [3.8, 4) is 11.8 Å². The molecule has 2 saturated heterocycles. The van der Waals surface area contributed by atoms with Gasteiger partial charge in [-0.3, -0.25) is 4.90 Å². The number of fused-ring (bicyclic) bond motifs is 2. The number of hydrogen-bond acceptors (Lipinski definition) is 3. The number of carbonyl (C=O) groups excluding carboxylic acids is 1. The van der Waals surface area contributed by atoms with Crippen LogP contribution in [0.1, 0.15) is 37.7 Å². The van der Waals surface area contributed by atoms with E-state index in [0.29, 0.717) is 18.6 Å². The highest BCUT2D eigenvalue weighted by molar-refractivity contribution is 5.92. The third-order valence-electron chi connectivity index (χ3n) is 5.75. The first-order valence-corrected chi connectivity index (χ1v) is 9.72. The summed E-state index contributed by atoms with van der Waals surface area (Å²) in [6.45, 7) is 2.91. The molecule has 3 heteroatoms. The zero-order valence-corrected chi connectivity index (χ0v) is 15.1. The molecule has 3 nitrogen and oxygen atoms in total. The summed E-state index contributed by atoms with van der Waals surface area (Å²) in [7, 11) is 0. The van der Waals surface area contributed by atoms with Gasteiger partial charge in [0, 0.05) is 23.4 Å². The fourth-order valence-electron chi connectivity index (χ4n) is 4.44. The molecular weight excluding hydrogens is 322 g/mol. The molecule has 2 aliphatic rings. The Hall–Kier alpha value is -2.31. The van der Waals surface area contributed by atoms with Gasteiger partial charge in [-0.25, -0.2) is 4.79 Å². The minimum atomic E-state index is -0.411. The normalized spacial score (nSPS) is 22.9. The number of esters is 1. The van der Waals surface area contributed by atoms with Gasteiger partial charge in [-0.15, -0.1) is 0 Å². The average molecular weight is 347 g/mol. The molecule has 0 unspecified atom stereocenters. The van der Waals surface area contributed by atoms with Gasteiger partial charge in [-0.05, 0) is 55.6 Å². The van der Waals surface area contributed by atoms with Gasteiger partial charge in [0.1, 0.15) is 0 Å². The van der Waals surface area contributed by atoms with Crippen LogP contribution in [0, 0.1) is 17.8 Å². The molecular formula is C23H25NO2. The second-order valence-corrected chi connectivity index (χ2v) is 7.38. The Balaban J connectivity index is 1.39. The quantitative estimate of drug-likeness (QED) is 0.607. The van der Waals surface area contributed by atoms with Crippen molar-refractivity contribution in [2.75, 3.05) is 19.7 Å². The molecule has 0 saturated carbocycles. The number of rotatable bonds is 2. The summed E-state index contributed by atoms with van der Waals surface area (Å²) >= 11 is 0. The molecule has 0 radical (unpaired) electrons. The van der Waals surface area contributed by atoms with E-state index in [0.717, 1.165) is 22.8 Å². The Morgan fingerprint density at radius 1 is 1.04 bits per heavy atom. The van der Waals surface area contributed by atoms with Crippen molar-refractivity contribution in [2.24, 2.45) is 5.92 Å². The van der Waals surface area contributed by atoms with Crippen molar-refractivity contribution >= 4 is 16.7 Å². The van der Waals surface area contributed by atoms with Crippen molar-refractivity contribution in [1.29, 1.82) is 0 Å². The highest BCUT2D eigenvalue weighted by Crippen LogP contribution is 2.31. The van der Waals surface area contributed by atoms with Crippen molar-refractivity contribution in [1.82, 2.24) is 4.90 Å². The molecule has 4 rings (SSSR count). The molecule has 2 aromatic carbocycles. The minimum absolute atomic E-state index is 0.411. The van der Waals surface area contributed by atoms with Gasteiger partial charge >= 0.3 is 5.97 Å². The highest BCUT2D eigenvalue weighted by Gasteiger charge is 2.33. The topological polar surface area (TPSA) is 29.5 Å². The standard InChI is InChI=1S/C23H25NO2/c25-23(14-13-19-9-5-8-18-7-1-2-11-21(18)19)26-17-20-10-6-16-24-15-4-3-12-22(20)24/h1-2,5,7-9,11,20,22H,3-4,6,10,12,15-17H2/t20-,22-/m0/s1. The van der Waals surface area contributed by atoms with Crippen LogP contribution in [-0.2, 0) is 9.53 Å². The summed E-state index contributed by atoms with van der Waals surface area (Å²) in [4.78, 5) is 14.7. The first-order chi connectivity index (χ1) is 12.8. The average Bonchev–Trinajstić information content (AvgIpc) is 2.70. The summed E-state index contributed by atoms with van der Waals surface area (Å²) in [6.07, 6.45) is 6.21. The van der Waals surface area contributed by atoms with Crippen LogP contribution in [0.3, 0.4) is 0 Å². The lowest BCUT2D eigenvalue weighted by Gasteiger charge is -2.44. The zero-order valence-electron chi connectivity index (χ0n) is 15.1. The third-order valence-corrected chi connectivity index (χ3v) is 5.75. The summed E-state index contributed by atoms with van der Waals surface area (Å²) in [5.41, 5.74) is 0.871. The Morgan fingerprint density at radius 3 is 2.85 bits per heavy atom. The van der Waals surface area contributed by atoms with Crippen LogP contribution in [0.2, 0.25) is 0 Å². The lowest BCUT2D eigenvalue weighted by atomic mass is 9.84. The van der Waals surface area contributed by atoms with Crippen LogP contribution in [0.4, 0.5) is 0 Å². The minimum Gasteiger partial charge on any atom is -0.456 e. The molecule has 0 amide bonds. The van der Waals surface area contributed by atoms with E-state index in [2.05, 4.69) is 28.9 Å². The molecule has 2 atom stereocenters. The maximum absolute atomic E-state index is 12.1. The van der Waals surface area contributed by atoms with E-state index in [1.807, 2.05) is 30.3 Å². The van der Waals surface area contributed by atoms with Crippen molar-refractivity contribution in [3.63, 3.8) is 0 Å². The molecule has 0 aromatic heterocycles. The van der Waals surface area contributed by atoms with Crippen molar-refractivity contribution < 1.29 is 9.53 Å². The van der Waals surface area contributed by atoms with Gasteiger partial charge in [0.05, 0.1) is 6.61 Å². The van der Waals surface area contributed by atoms with Gasteiger partial charge in [0.15, 0.2) is 0 Å². The fraction of sp³-hybridized carbons (Fsp3) is 0.435. The van der Waals surface area contributed by atoms with E-state index in [1.165, 1.54) is 38.8 Å². The Morgan fingerprint density at radius 2 is 1.88 bits per heavy atom. The van der Waals surface area contributed by atoms with Gasteiger partial charge in [0.2, 0.25) is 0 Å². The molecule has 0 aliphatic carbocycles. The van der Waals surface area contributed by atoms with E-state index >= 15 is 0 Å². The van der Waals surface area contributed by atoms with Gasteiger partial charge in [0.25, 0.3) is 0 Å². The number of ether oxygens (including phenoxy) is 1. The van der Waals surface area contributed by atoms with Crippen LogP contribution in [-0.4, -0.2) is 36.6 Å². The van der Waals surface area contributed by atoms with Crippen molar-refractivity contribution in [2.45, 2.75) is 38.1 Å². The monoisotopic (exact) mass is 347 g/mol. The SMILES string of the molecule is O=C(C#Cc1cccc2ccccc12)OC[C@@H]1CCCN2CCCC[C@@H]12. The van der Waals surface area contributed by atoms with E-state index < -0.39 is 5.97 Å². The van der Waals surface area contributed by atoms with Gasteiger partial charge in [-0.1, -0.05) is 48.7 Å². The molecule has 26 heavy (non-hydrogen) atoms. The van der Waals surface area contributed by atoms with Crippen LogP contribution in [0.25, 0.3) is 10.8 Å². The molecule has 2 heterocycles. The molecule has 2 fully saturated rings. The van der Waals surface area contributed by atoms with E-state index in [9.17, 15) is 4.79 Å². The maximum Gasteiger partial charge on any atom is 0.384 e.